The lowest BCUT2D eigenvalue weighted by Gasteiger charge is -2.17. The molecule has 4 rings (SSSR count). The Morgan fingerprint density at radius 2 is 1.90 bits per heavy atom. The van der Waals surface area contributed by atoms with E-state index in [0.717, 1.165) is 17.7 Å². The normalized spacial score (nSPS) is 12.7. The molecule has 0 N–H and O–H groups in total. The van der Waals surface area contributed by atoms with Crippen molar-refractivity contribution in [3.05, 3.63) is 76.3 Å². The fraction of sp³-hybridized carbons (Fsp3) is 0.190. The molecule has 1 aliphatic rings. The average Bonchev–Trinajstić information content (AvgIpc) is 3.27. The number of aromatic nitrogens is 2. The minimum absolute atomic E-state index is 0.0399. The number of rotatable bonds is 4. The predicted octanol–water partition coefficient (Wildman–Crippen LogP) is 3.72. The highest BCUT2D eigenvalue weighted by atomic mass is 35.5. The molecular formula is C21H17ClFN3O3. The predicted molar refractivity (Wildman–Crippen MR) is 106 cm³/mol. The zero-order chi connectivity index (χ0) is 20.5. The lowest BCUT2D eigenvalue weighted by atomic mass is 10.2. The van der Waals surface area contributed by atoms with E-state index in [1.165, 1.54) is 28.9 Å². The van der Waals surface area contributed by atoms with Crippen LogP contribution in [0.3, 0.4) is 0 Å². The van der Waals surface area contributed by atoms with Crippen molar-refractivity contribution >= 4 is 29.2 Å². The quantitative estimate of drug-likeness (QED) is 0.611. The summed E-state index contributed by atoms with van der Waals surface area (Å²) in [5, 5.41) is 4.27. The maximum atomic E-state index is 13.1. The molecule has 3 aromatic rings. The van der Waals surface area contributed by atoms with Crippen molar-refractivity contribution in [1.82, 2.24) is 9.78 Å². The molecule has 0 radical (unpaired) electrons. The third-order valence-electron chi connectivity index (χ3n) is 4.79. The third kappa shape index (κ3) is 3.61. The smallest absolute Gasteiger partial charge is 0.343 e. The van der Waals surface area contributed by atoms with Gasteiger partial charge in [0.25, 0.3) is 5.91 Å². The number of halogens is 2. The number of carbonyl (C=O) groups is 2. The molecule has 0 saturated heterocycles. The fourth-order valence-corrected chi connectivity index (χ4v) is 3.71. The zero-order valence-electron chi connectivity index (χ0n) is 15.6. The van der Waals surface area contributed by atoms with Crippen LogP contribution in [-0.2, 0) is 16.0 Å². The van der Waals surface area contributed by atoms with Crippen molar-refractivity contribution in [3.63, 3.8) is 0 Å². The number of benzene rings is 2. The summed E-state index contributed by atoms with van der Waals surface area (Å²) in [5.41, 5.74) is 2.86. The van der Waals surface area contributed by atoms with Crippen molar-refractivity contribution in [2.45, 2.75) is 13.3 Å². The van der Waals surface area contributed by atoms with Crippen molar-refractivity contribution < 1.29 is 18.7 Å². The highest BCUT2D eigenvalue weighted by Gasteiger charge is 2.27. The number of fused-ring (bicyclic) bond motifs is 1. The Kier molecular flexibility index (Phi) is 5.07. The molecule has 1 aromatic heterocycles. The van der Waals surface area contributed by atoms with Crippen molar-refractivity contribution in [2.75, 3.05) is 18.1 Å². The Bertz CT molecular complexity index is 1100. The molecule has 8 heteroatoms. The maximum Gasteiger partial charge on any atom is 0.343 e. The van der Waals surface area contributed by atoms with E-state index in [4.69, 9.17) is 16.3 Å². The Morgan fingerprint density at radius 3 is 2.66 bits per heavy atom. The van der Waals surface area contributed by atoms with E-state index in [-0.39, 0.29) is 16.6 Å². The van der Waals surface area contributed by atoms with Gasteiger partial charge in [0, 0.05) is 12.2 Å². The fourth-order valence-electron chi connectivity index (χ4n) is 3.36. The SMILES string of the molecule is Cc1nn(-c2ccc(F)cc2)c(Cl)c1C(=O)OCC(=O)N1CCc2ccccc21. The number of nitrogens with zero attached hydrogens (tertiary/aromatic N) is 3. The molecule has 0 atom stereocenters. The minimum atomic E-state index is -0.735. The van der Waals surface area contributed by atoms with Crippen LogP contribution in [0.1, 0.15) is 21.6 Å². The van der Waals surface area contributed by atoms with Crippen LogP contribution < -0.4 is 4.90 Å². The molecule has 0 aliphatic carbocycles. The molecule has 29 heavy (non-hydrogen) atoms. The summed E-state index contributed by atoms with van der Waals surface area (Å²) in [7, 11) is 0. The van der Waals surface area contributed by atoms with E-state index < -0.39 is 18.4 Å². The van der Waals surface area contributed by atoms with Crippen LogP contribution in [0.5, 0.6) is 0 Å². The number of ether oxygens (including phenoxy) is 1. The van der Waals surface area contributed by atoms with Crippen molar-refractivity contribution in [2.24, 2.45) is 0 Å². The second kappa shape index (κ2) is 7.67. The van der Waals surface area contributed by atoms with Gasteiger partial charge in [-0.2, -0.15) is 5.10 Å². The molecule has 0 unspecified atom stereocenters. The van der Waals surface area contributed by atoms with Gasteiger partial charge in [-0.3, -0.25) is 4.79 Å². The molecule has 6 nitrogen and oxygen atoms in total. The molecule has 1 amide bonds. The van der Waals surface area contributed by atoms with Gasteiger partial charge in [-0.1, -0.05) is 29.8 Å². The summed E-state index contributed by atoms with van der Waals surface area (Å²) >= 11 is 6.32. The van der Waals surface area contributed by atoms with Crippen molar-refractivity contribution in [1.29, 1.82) is 0 Å². The maximum absolute atomic E-state index is 13.1. The largest absolute Gasteiger partial charge is 0.452 e. The topological polar surface area (TPSA) is 64.4 Å². The van der Waals surface area contributed by atoms with Gasteiger partial charge in [0.1, 0.15) is 16.5 Å². The lowest BCUT2D eigenvalue weighted by molar-refractivity contribution is -0.121. The number of amides is 1. The van der Waals surface area contributed by atoms with Gasteiger partial charge < -0.3 is 9.64 Å². The van der Waals surface area contributed by atoms with Crippen molar-refractivity contribution in [3.8, 4) is 5.69 Å². The van der Waals surface area contributed by atoms with Gasteiger partial charge in [0.2, 0.25) is 0 Å². The highest BCUT2D eigenvalue weighted by Crippen LogP contribution is 2.28. The summed E-state index contributed by atoms with van der Waals surface area (Å²) in [6.45, 7) is 1.77. The Balaban J connectivity index is 1.48. The molecule has 0 saturated carbocycles. The van der Waals surface area contributed by atoms with Crippen LogP contribution in [0.25, 0.3) is 5.69 Å². The molecule has 2 aromatic carbocycles. The average molecular weight is 414 g/mol. The first-order chi connectivity index (χ1) is 14.0. The zero-order valence-corrected chi connectivity index (χ0v) is 16.3. The van der Waals surface area contributed by atoms with Crippen LogP contribution in [-0.4, -0.2) is 34.8 Å². The highest BCUT2D eigenvalue weighted by molar-refractivity contribution is 6.33. The first kappa shape index (κ1) is 19.1. The summed E-state index contributed by atoms with van der Waals surface area (Å²) in [4.78, 5) is 26.7. The number of aryl methyl sites for hydroxylation is 1. The van der Waals surface area contributed by atoms with Crippen LogP contribution in [0, 0.1) is 12.7 Å². The lowest BCUT2D eigenvalue weighted by Crippen LogP contribution is -2.33. The second-order valence-corrected chi connectivity index (χ2v) is 7.00. The number of hydrogen-bond acceptors (Lipinski definition) is 4. The molecule has 2 heterocycles. The van der Waals surface area contributed by atoms with Gasteiger partial charge in [-0.05, 0) is 49.2 Å². The van der Waals surface area contributed by atoms with Gasteiger partial charge >= 0.3 is 5.97 Å². The van der Waals surface area contributed by atoms with Crippen LogP contribution in [0.4, 0.5) is 10.1 Å². The number of esters is 1. The number of para-hydroxylation sites is 1. The molecule has 0 bridgehead atoms. The van der Waals surface area contributed by atoms with Crippen LogP contribution >= 0.6 is 11.6 Å². The summed E-state index contributed by atoms with van der Waals surface area (Å²) in [6.07, 6.45) is 0.769. The number of carbonyl (C=O) groups excluding carboxylic acids is 2. The molecule has 0 spiro atoms. The Hall–Kier alpha value is -3.19. The van der Waals surface area contributed by atoms with Crippen LogP contribution in [0.15, 0.2) is 48.5 Å². The van der Waals surface area contributed by atoms with E-state index in [1.54, 1.807) is 11.8 Å². The van der Waals surface area contributed by atoms with E-state index in [1.807, 2.05) is 24.3 Å². The van der Waals surface area contributed by atoms with E-state index in [0.29, 0.717) is 17.9 Å². The van der Waals surface area contributed by atoms with E-state index in [2.05, 4.69) is 5.10 Å². The van der Waals surface area contributed by atoms with E-state index >= 15 is 0 Å². The van der Waals surface area contributed by atoms with Gasteiger partial charge in [0.15, 0.2) is 6.61 Å². The first-order valence-corrected chi connectivity index (χ1v) is 9.40. The minimum Gasteiger partial charge on any atom is -0.452 e. The summed E-state index contributed by atoms with van der Waals surface area (Å²) in [5.74, 6) is -1.43. The Morgan fingerprint density at radius 1 is 1.17 bits per heavy atom. The monoisotopic (exact) mass is 413 g/mol. The first-order valence-electron chi connectivity index (χ1n) is 9.02. The number of hydrogen-bond donors (Lipinski definition) is 0. The molecule has 148 valence electrons. The Labute approximate surface area is 171 Å². The molecule has 1 aliphatic heterocycles. The van der Waals surface area contributed by atoms with E-state index in [9.17, 15) is 14.0 Å². The molecule has 0 fully saturated rings. The summed E-state index contributed by atoms with van der Waals surface area (Å²) in [6, 6.07) is 13.2. The summed E-state index contributed by atoms with van der Waals surface area (Å²) < 4.78 is 19.7. The van der Waals surface area contributed by atoms with Gasteiger partial charge in [-0.15, -0.1) is 0 Å². The van der Waals surface area contributed by atoms with Gasteiger partial charge in [-0.25, -0.2) is 13.9 Å². The standard InChI is InChI=1S/C21H17ClFN3O3/c1-13-19(20(22)26(24-13)16-8-6-15(23)7-9-16)21(28)29-12-18(27)25-11-10-14-4-2-3-5-17(14)25/h2-9H,10-12H2,1H3. The second-order valence-electron chi connectivity index (χ2n) is 6.64. The number of anilines is 1. The van der Waals surface area contributed by atoms with Gasteiger partial charge in [0.05, 0.1) is 11.4 Å². The molecular weight excluding hydrogens is 397 g/mol. The van der Waals surface area contributed by atoms with Crippen LogP contribution in [0.2, 0.25) is 5.15 Å². The third-order valence-corrected chi connectivity index (χ3v) is 5.14.